The first-order chi connectivity index (χ1) is 16.1. The molecule has 2 heterocycles. The number of urea groups is 1. The van der Waals surface area contributed by atoms with Gasteiger partial charge < -0.3 is 30.5 Å². The van der Waals surface area contributed by atoms with Crippen molar-refractivity contribution in [3.63, 3.8) is 0 Å². The third-order valence-corrected chi connectivity index (χ3v) is 7.58. The maximum atomic E-state index is 12.6. The predicted octanol–water partition coefficient (Wildman–Crippen LogP) is 3.19. The molecule has 2 aliphatic carbocycles. The lowest BCUT2D eigenvalue weighted by atomic mass is 9.84. The van der Waals surface area contributed by atoms with Crippen LogP contribution in [-0.2, 0) is 9.53 Å². The number of benzene rings is 1. The molecule has 0 unspecified atom stereocenters. The van der Waals surface area contributed by atoms with Gasteiger partial charge in [0, 0.05) is 29.3 Å². The summed E-state index contributed by atoms with van der Waals surface area (Å²) in [6.07, 6.45) is 8.72. The molecule has 1 saturated heterocycles. The standard InChI is InChI=1S/C25H35N3O5/c29-14-22-24-20(12-18(32-22)13-23(30)26-15-5-1-2-6-15)19-11-17(9-10-21(19)33-24)28-25(31)27-16-7-3-4-8-16/h9-11,15-16,18,20,22,24,29H,1-8,12-14H2,(H,26,30)(H2,27,28,31)/t18-,20-,22-,24+/m1/s1. The van der Waals surface area contributed by atoms with Crippen molar-refractivity contribution in [1.29, 1.82) is 0 Å². The number of amides is 3. The van der Waals surface area contributed by atoms with Crippen LogP contribution in [0.15, 0.2) is 18.2 Å². The fourth-order valence-electron chi connectivity index (χ4n) is 5.95. The van der Waals surface area contributed by atoms with Gasteiger partial charge in [-0.05, 0) is 50.3 Å². The van der Waals surface area contributed by atoms with Crippen molar-refractivity contribution >= 4 is 17.6 Å². The molecule has 3 fully saturated rings. The largest absolute Gasteiger partial charge is 0.487 e. The third kappa shape index (κ3) is 5.11. The molecule has 4 atom stereocenters. The van der Waals surface area contributed by atoms with Gasteiger partial charge in [0.05, 0.1) is 19.1 Å². The summed E-state index contributed by atoms with van der Waals surface area (Å²) in [6, 6.07) is 6.02. The lowest BCUT2D eigenvalue weighted by molar-refractivity contribution is -0.142. The van der Waals surface area contributed by atoms with E-state index in [1.165, 1.54) is 12.8 Å². The van der Waals surface area contributed by atoms with Crippen LogP contribution in [-0.4, -0.2) is 54.0 Å². The van der Waals surface area contributed by atoms with Crippen LogP contribution in [0, 0.1) is 0 Å². The molecule has 33 heavy (non-hydrogen) atoms. The molecule has 2 aliphatic heterocycles. The number of hydrogen-bond acceptors (Lipinski definition) is 5. The zero-order chi connectivity index (χ0) is 22.8. The van der Waals surface area contributed by atoms with Gasteiger partial charge >= 0.3 is 6.03 Å². The molecule has 180 valence electrons. The highest BCUT2D eigenvalue weighted by atomic mass is 16.6. The van der Waals surface area contributed by atoms with E-state index in [0.29, 0.717) is 6.42 Å². The molecular formula is C25H35N3O5. The molecule has 0 bridgehead atoms. The summed E-state index contributed by atoms with van der Waals surface area (Å²) in [5, 5.41) is 19.1. The van der Waals surface area contributed by atoms with Crippen molar-refractivity contribution in [3.8, 4) is 5.75 Å². The quantitative estimate of drug-likeness (QED) is 0.525. The van der Waals surface area contributed by atoms with E-state index < -0.39 is 6.10 Å². The molecule has 0 radical (unpaired) electrons. The molecule has 0 spiro atoms. The Bertz CT molecular complexity index is 866. The van der Waals surface area contributed by atoms with Gasteiger partial charge in [0.25, 0.3) is 0 Å². The number of carbonyl (C=O) groups excluding carboxylic acids is 2. The number of aliphatic hydroxyl groups excluding tert-OH is 1. The fraction of sp³-hybridized carbons (Fsp3) is 0.680. The lowest BCUT2D eigenvalue weighted by Crippen LogP contribution is -2.47. The SMILES string of the molecule is O=C(C[C@H]1C[C@@H]2c3cc(NC(=O)NC4CCCC4)ccc3O[C@@H]2[C@@H](CO)O1)NC1CCCC1. The van der Waals surface area contributed by atoms with Crippen molar-refractivity contribution in [2.75, 3.05) is 11.9 Å². The van der Waals surface area contributed by atoms with Gasteiger partial charge in [-0.1, -0.05) is 25.7 Å². The second kappa shape index (κ2) is 9.89. The van der Waals surface area contributed by atoms with Crippen LogP contribution >= 0.6 is 0 Å². The van der Waals surface area contributed by atoms with Crippen LogP contribution in [0.5, 0.6) is 5.75 Å². The summed E-state index contributed by atoms with van der Waals surface area (Å²) in [4.78, 5) is 25.0. The van der Waals surface area contributed by atoms with Crippen molar-refractivity contribution < 1.29 is 24.2 Å². The maximum absolute atomic E-state index is 12.6. The van der Waals surface area contributed by atoms with E-state index in [9.17, 15) is 14.7 Å². The Morgan fingerprint density at radius 1 is 1.00 bits per heavy atom. The molecule has 1 aromatic carbocycles. The fourth-order valence-corrected chi connectivity index (χ4v) is 5.95. The van der Waals surface area contributed by atoms with Crippen LogP contribution in [0.4, 0.5) is 10.5 Å². The summed E-state index contributed by atoms with van der Waals surface area (Å²) in [6.45, 7) is -0.162. The number of ether oxygens (including phenoxy) is 2. The molecule has 4 N–H and O–H groups in total. The van der Waals surface area contributed by atoms with Crippen LogP contribution in [0.2, 0.25) is 0 Å². The zero-order valence-electron chi connectivity index (χ0n) is 19.1. The molecule has 8 heteroatoms. The average molecular weight is 458 g/mol. The van der Waals surface area contributed by atoms with Gasteiger partial charge in [-0.25, -0.2) is 4.79 Å². The Hall–Kier alpha value is -2.32. The van der Waals surface area contributed by atoms with E-state index in [-0.39, 0.29) is 55.2 Å². The van der Waals surface area contributed by atoms with E-state index in [2.05, 4.69) is 16.0 Å². The van der Waals surface area contributed by atoms with E-state index in [1.54, 1.807) is 0 Å². The number of anilines is 1. The third-order valence-electron chi connectivity index (χ3n) is 7.58. The first kappa shape index (κ1) is 22.5. The minimum Gasteiger partial charge on any atom is -0.487 e. The minimum atomic E-state index is -0.484. The number of hydrogen-bond donors (Lipinski definition) is 4. The number of aliphatic hydroxyl groups is 1. The maximum Gasteiger partial charge on any atom is 0.319 e. The van der Waals surface area contributed by atoms with E-state index >= 15 is 0 Å². The Balaban J connectivity index is 1.24. The molecule has 2 saturated carbocycles. The predicted molar refractivity (Wildman–Crippen MR) is 123 cm³/mol. The van der Waals surface area contributed by atoms with Crippen LogP contribution in [0.3, 0.4) is 0 Å². The van der Waals surface area contributed by atoms with Gasteiger partial charge in [-0.15, -0.1) is 0 Å². The highest BCUT2D eigenvalue weighted by Crippen LogP contribution is 2.47. The van der Waals surface area contributed by atoms with E-state index in [4.69, 9.17) is 9.47 Å². The van der Waals surface area contributed by atoms with Crippen LogP contribution < -0.4 is 20.7 Å². The number of rotatable bonds is 6. The second-order valence-corrected chi connectivity index (χ2v) is 9.99. The Labute approximate surface area is 194 Å². The first-order valence-electron chi connectivity index (χ1n) is 12.5. The highest BCUT2D eigenvalue weighted by molar-refractivity contribution is 5.89. The molecule has 0 aromatic heterocycles. The lowest BCUT2D eigenvalue weighted by Gasteiger charge is -2.37. The minimum absolute atomic E-state index is 0.00910. The normalized spacial score (nSPS) is 29.2. The molecule has 3 amide bonds. The second-order valence-electron chi connectivity index (χ2n) is 9.99. The van der Waals surface area contributed by atoms with Gasteiger partial charge in [-0.3, -0.25) is 4.79 Å². The summed E-state index contributed by atoms with van der Waals surface area (Å²) in [5.41, 5.74) is 1.72. The summed E-state index contributed by atoms with van der Waals surface area (Å²) >= 11 is 0. The van der Waals surface area contributed by atoms with Crippen molar-refractivity contribution in [2.45, 2.75) is 101 Å². The Morgan fingerprint density at radius 3 is 2.39 bits per heavy atom. The Kier molecular flexibility index (Phi) is 6.74. The zero-order valence-corrected chi connectivity index (χ0v) is 19.1. The van der Waals surface area contributed by atoms with Crippen molar-refractivity contribution in [3.05, 3.63) is 23.8 Å². The summed E-state index contributed by atoms with van der Waals surface area (Å²) in [5.74, 6) is 0.778. The molecule has 4 aliphatic rings. The van der Waals surface area contributed by atoms with Crippen molar-refractivity contribution in [2.24, 2.45) is 0 Å². The van der Waals surface area contributed by atoms with Gasteiger partial charge in [0.1, 0.15) is 18.0 Å². The number of carbonyl (C=O) groups is 2. The van der Waals surface area contributed by atoms with Crippen LogP contribution in [0.25, 0.3) is 0 Å². The number of nitrogens with one attached hydrogen (secondary N) is 3. The topological polar surface area (TPSA) is 109 Å². The summed E-state index contributed by atoms with van der Waals surface area (Å²) < 4.78 is 12.2. The average Bonchev–Trinajstić information content (AvgIpc) is 3.55. The molecule has 1 aromatic rings. The van der Waals surface area contributed by atoms with E-state index in [1.807, 2.05) is 18.2 Å². The molecule has 8 nitrogen and oxygen atoms in total. The first-order valence-corrected chi connectivity index (χ1v) is 12.5. The highest BCUT2D eigenvalue weighted by Gasteiger charge is 2.46. The summed E-state index contributed by atoms with van der Waals surface area (Å²) in [7, 11) is 0. The van der Waals surface area contributed by atoms with Gasteiger partial charge in [-0.2, -0.15) is 0 Å². The monoisotopic (exact) mass is 457 g/mol. The van der Waals surface area contributed by atoms with Gasteiger partial charge in [0.15, 0.2) is 0 Å². The van der Waals surface area contributed by atoms with Crippen molar-refractivity contribution in [1.82, 2.24) is 10.6 Å². The smallest absolute Gasteiger partial charge is 0.319 e. The molecule has 5 rings (SSSR count). The van der Waals surface area contributed by atoms with Crippen LogP contribution in [0.1, 0.15) is 75.7 Å². The van der Waals surface area contributed by atoms with Gasteiger partial charge in [0.2, 0.25) is 5.91 Å². The number of fused-ring (bicyclic) bond motifs is 3. The molecular weight excluding hydrogens is 422 g/mol. The Morgan fingerprint density at radius 2 is 1.70 bits per heavy atom. The van der Waals surface area contributed by atoms with E-state index in [0.717, 1.165) is 55.5 Å².